The fraction of sp³-hybridized carbons (Fsp3) is 0.353. The standard InChI is InChI=1S/C17H21NO7S/c1-22-12-17(19)18(11-14-5-4-8-24-14)10-13-6-7-15(23-2)16(9-13)25-26(3,20)21/h4-9H,10-12H2,1-3H3. The maximum Gasteiger partial charge on any atom is 0.306 e. The van der Waals surface area contributed by atoms with E-state index < -0.39 is 10.1 Å². The Morgan fingerprint density at radius 1 is 1.15 bits per heavy atom. The van der Waals surface area contributed by atoms with Gasteiger partial charge in [0.2, 0.25) is 5.91 Å². The Kier molecular flexibility index (Phi) is 6.64. The molecule has 0 saturated heterocycles. The smallest absolute Gasteiger partial charge is 0.306 e. The zero-order chi connectivity index (χ0) is 19.2. The first-order chi connectivity index (χ1) is 12.3. The summed E-state index contributed by atoms with van der Waals surface area (Å²) < 4.78 is 43.2. The summed E-state index contributed by atoms with van der Waals surface area (Å²) >= 11 is 0. The van der Waals surface area contributed by atoms with Gasteiger partial charge in [-0.1, -0.05) is 6.07 Å². The number of nitrogens with zero attached hydrogens (tertiary/aromatic N) is 1. The number of furan rings is 1. The Bertz CT molecular complexity index is 831. The van der Waals surface area contributed by atoms with Gasteiger partial charge in [-0.2, -0.15) is 8.42 Å². The molecule has 0 spiro atoms. The van der Waals surface area contributed by atoms with Gasteiger partial charge in [-0.25, -0.2) is 0 Å². The first-order valence-electron chi connectivity index (χ1n) is 7.68. The molecule has 0 fully saturated rings. The van der Waals surface area contributed by atoms with Gasteiger partial charge in [0, 0.05) is 13.7 Å². The predicted molar refractivity (Wildman–Crippen MR) is 93.3 cm³/mol. The molecule has 0 N–H and O–H groups in total. The summed E-state index contributed by atoms with van der Waals surface area (Å²) in [5, 5.41) is 0. The number of rotatable bonds is 9. The summed E-state index contributed by atoms with van der Waals surface area (Å²) in [6.07, 6.45) is 2.48. The van der Waals surface area contributed by atoms with Gasteiger partial charge in [0.15, 0.2) is 11.5 Å². The highest BCUT2D eigenvalue weighted by Crippen LogP contribution is 2.29. The number of hydrogen-bond donors (Lipinski definition) is 0. The zero-order valence-corrected chi connectivity index (χ0v) is 15.6. The molecule has 0 bridgehead atoms. The van der Waals surface area contributed by atoms with E-state index in [1.807, 2.05) is 0 Å². The fourth-order valence-corrected chi connectivity index (χ4v) is 2.76. The average molecular weight is 383 g/mol. The SMILES string of the molecule is COCC(=O)N(Cc1ccc(OC)c(OS(C)(=O)=O)c1)Cc1ccco1. The molecule has 26 heavy (non-hydrogen) atoms. The monoisotopic (exact) mass is 383 g/mol. The van der Waals surface area contributed by atoms with Gasteiger partial charge in [-0.3, -0.25) is 4.79 Å². The summed E-state index contributed by atoms with van der Waals surface area (Å²) in [4.78, 5) is 13.9. The molecule has 2 rings (SSSR count). The molecule has 1 heterocycles. The molecule has 0 aliphatic heterocycles. The van der Waals surface area contributed by atoms with Gasteiger partial charge in [0.1, 0.15) is 12.4 Å². The topological polar surface area (TPSA) is 95.3 Å². The van der Waals surface area contributed by atoms with Gasteiger partial charge in [0.05, 0.1) is 26.2 Å². The molecule has 8 nitrogen and oxygen atoms in total. The zero-order valence-electron chi connectivity index (χ0n) is 14.8. The van der Waals surface area contributed by atoms with E-state index in [1.165, 1.54) is 31.4 Å². The number of ether oxygens (including phenoxy) is 2. The third kappa shape index (κ3) is 5.78. The third-order valence-electron chi connectivity index (χ3n) is 3.39. The van der Waals surface area contributed by atoms with Crippen LogP contribution in [0.25, 0.3) is 0 Å². The van der Waals surface area contributed by atoms with Crippen molar-refractivity contribution in [2.75, 3.05) is 27.1 Å². The number of amides is 1. The molecule has 0 atom stereocenters. The average Bonchev–Trinajstić information content (AvgIpc) is 3.06. The van der Waals surface area contributed by atoms with Crippen molar-refractivity contribution in [3.8, 4) is 11.5 Å². The van der Waals surface area contributed by atoms with Crippen LogP contribution in [0.3, 0.4) is 0 Å². The highest BCUT2D eigenvalue weighted by Gasteiger charge is 2.18. The second-order valence-corrected chi connectivity index (χ2v) is 7.11. The van der Waals surface area contributed by atoms with Crippen LogP contribution in [0.2, 0.25) is 0 Å². The summed E-state index contributed by atoms with van der Waals surface area (Å²) in [6, 6.07) is 8.33. The van der Waals surface area contributed by atoms with Crippen LogP contribution in [-0.2, 0) is 32.7 Å². The fourth-order valence-electron chi connectivity index (χ4n) is 2.31. The summed E-state index contributed by atoms with van der Waals surface area (Å²) in [7, 11) is -0.865. The Morgan fingerprint density at radius 2 is 1.92 bits per heavy atom. The minimum absolute atomic E-state index is 0.0599. The van der Waals surface area contributed by atoms with Gasteiger partial charge >= 0.3 is 10.1 Å². The van der Waals surface area contributed by atoms with Crippen LogP contribution in [0.15, 0.2) is 41.0 Å². The number of benzene rings is 1. The molecule has 0 radical (unpaired) electrons. The predicted octanol–water partition coefficient (Wildman–Crippen LogP) is 1.80. The van der Waals surface area contributed by atoms with E-state index in [4.69, 9.17) is 18.1 Å². The van der Waals surface area contributed by atoms with E-state index in [1.54, 1.807) is 24.3 Å². The van der Waals surface area contributed by atoms with Gasteiger partial charge < -0.3 is 23.0 Å². The highest BCUT2D eigenvalue weighted by molar-refractivity contribution is 7.86. The first kappa shape index (κ1) is 19.8. The number of methoxy groups -OCH3 is 2. The minimum Gasteiger partial charge on any atom is -0.493 e. The Balaban J connectivity index is 2.26. The Labute approximate surface area is 152 Å². The van der Waals surface area contributed by atoms with E-state index in [9.17, 15) is 13.2 Å². The third-order valence-corrected chi connectivity index (χ3v) is 3.87. The van der Waals surface area contributed by atoms with E-state index in [0.717, 1.165) is 6.26 Å². The molecule has 1 amide bonds. The van der Waals surface area contributed by atoms with Crippen molar-refractivity contribution in [1.29, 1.82) is 0 Å². The number of carbonyl (C=O) groups excluding carboxylic acids is 1. The molecule has 0 saturated carbocycles. The van der Waals surface area contributed by atoms with Crippen LogP contribution >= 0.6 is 0 Å². The molecule has 0 aliphatic rings. The van der Waals surface area contributed by atoms with Crippen molar-refractivity contribution < 1.29 is 31.3 Å². The molecular formula is C17H21NO7S. The number of carbonyl (C=O) groups is 1. The summed E-state index contributed by atoms with van der Waals surface area (Å²) in [6.45, 7) is 0.389. The van der Waals surface area contributed by atoms with Crippen molar-refractivity contribution in [3.63, 3.8) is 0 Å². The molecule has 2 aromatic rings. The lowest BCUT2D eigenvalue weighted by atomic mass is 10.2. The summed E-state index contributed by atoms with van der Waals surface area (Å²) in [5.41, 5.74) is 0.667. The lowest BCUT2D eigenvalue weighted by Crippen LogP contribution is -2.32. The van der Waals surface area contributed by atoms with Crippen molar-refractivity contribution in [3.05, 3.63) is 47.9 Å². The molecule has 9 heteroatoms. The van der Waals surface area contributed by atoms with Gasteiger partial charge in [-0.15, -0.1) is 0 Å². The van der Waals surface area contributed by atoms with E-state index in [2.05, 4.69) is 0 Å². The molecule has 0 unspecified atom stereocenters. The molecule has 1 aromatic carbocycles. The van der Waals surface area contributed by atoms with E-state index in [-0.39, 0.29) is 37.1 Å². The lowest BCUT2D eigenvalue weighted by Gasteiger charge is -2.22. The van der Waals surface area contributed by atoms with Crippen LogP contribution in [0.4, 0.5) is 0 Å². The first-order valence-corrected chi connectivity index (χ1v) is 9.49. The number of hydrogen-bond acceptors (Lipinski definition) is 7. The van der Waals surface area contributed by atoms with Crippen LogP contribution in [-0.4, -0.2) is 46.3 Å². The van der Waals surface area contributed by atoms with Crippen molar-refractivity contribution in [2.24, 2.45) is 0 Å². The van der Waals surface area contributed by atoms with Crippen molar-refractivity contribution in [2.45, 2.75) is 13.1 Å². The molecule has 0 aliphatic carbocycles. The lowest BCUT2D eigenvalue weighted by molar-refractivity contribution is -0.136. The quantitative estimate of drug-likeness (QED) is 0.609. The molecular weight excluding hydrogens is 362 g/mol. The second-order valence-electron chi connectivity index (χ2n) is 5.53. The van der Waals surface area contributed by atoms with Crippen LogP contribution in [0.1, 0.15) is 11.3 Å². The Morgan fingerprint density at radius 3 is 2.50 bits per heavy atom. The second kappa shape index (κ2) is 8.72. The Hall–Kier alpha value is -2.52. The highest BCUT2D eigenvalue weighted by atomic mass is 32.2. The van der Waals surface area contributed by atoms with Gasteiger partial charge in [-0.05, 0) is 29.8 Å². The molecule has 1 aromatic heterocycles. The van der Waals surface area contributed by atoms with Crippen LogP contribution in [0, 0.1) is 0 Å². The van der Waals surface area contributed by atoms with Crippen molar-refractivity contribution >= 4 is 16.0 Å². The summed E-state index contributed by atoms with van der Waals surface area (Å²) in [5.74, 6) is 0.727. The molecule has 142 valence electrons. The normalized spacial score (nSPS) is 11.2. The van der Waals surface area contributed by atoms with Gasteiger partial charge in [0.25, 0.3) is 0 Å². The van der Waals surface area contributed by atoms with E-state index in [0.29, 0.717) is 11.3 Å². The van der Waals surface area contributed by atoms with Crippen LogP contribution < -0.4 is 8.92 Å². The minimum atomic E-state index is -3.72. The van der Waals surface area contributed by atoms with Crippen molar-refractivity contribution in [1.82, 2.24) is 4.90 Å². The van der Waals surface area contributed by atoms with E-state index >= 15 is 0 Å². The maximum absolute atomic E-state index is 12.3. The van der Waals surface area contributed by atoms with Crippen LogP contribution in [0.5, 0.6) is 11.5 Å². The maximum atomic E-state index is 12.3. The largest absolute Gasteiger partial charge is 0.493 e.